The van der Waals surface area contributed by atoms with E-state index in [4.69, 9.17) is 16.3 Å². The molecule has 4 aliphatic rings. The first-order valence-corrected chi connectivity index (χ1v) is 10.1. The second-order valence-electron chi connectivity index (χ2n) is 9.10. The fourth-order valence-corrected chi connectivity index (χ4v) is 6.55. The summed E-state index contributed by atoms with van der Waals surface area (Å²) in [5.74, 6) is 0.729. The molecule has 0 aromatic heterocycles. The Balaban J connectivity index is 1.49. The molecule has 1 aromatic rings. The number of carbonyl (C=O) groups is 2. The van der Waals surface area contributed by atoms with Crippen LogP contribution in [0.15, 0.2) is 18.2 Å². The third-order valence-corrected chi connectivity index (χ3v) is 7.31. The summed E-state index contributed by atoms with van der Waals surface area (Å²) < 4.78 is 5.72. The monoisotopic (exact) mass is 374 g/mol. The quantitative estimate of drug-likeness (QED) is 0.423. The maximum absolute atomic E-state index is 13.1. The van der Waals surface area contributed by atoms with Crippen molar-refractivity contribution in [2.24, 2.45) is 17.3 Å². The van der Waals surface area contributed by atoms with Crippen molar-refractivity contribution in [3.63, 3.8) is 0 Å². The van der Waals surface area contributed by atoms with Gasteiger partial charge in [0.2, 0.25) is 5.78 Å². The number of ketones is 1. The molecular weight excluding hydrogens is 348 g/mol. The van der Waals surface area contributed by atoms with Crippen molar-refractivity contribution < 1.29 is 14.3 Å². The third kappa shape index (κ3) is 2.98. The summed E-state index contributed by atoms with van der Waals surface area (Å²) in [4.78, 5) is 25.6. The summed E-state index contributed by atoms with van der Waals surface area (Å²) >= 11 is 6.82. The van der Waals surface area contributed by atoms with Crippen LogP contribution in [-0.4, -0.2) is 22.7 Å². The van der Waals surface area contributed by atoms with Gasteiger partial charge in [-0.25, -0.2) is 0 Å². The van der Waals surface area contributed by atoms with Gasteiger partial charge < -0.3 is 4.74 Å². The van der Waals surface area contributed by atoms with Crippen molar-refractivity contribution in [3.8, 4) is 0 Å². The molecule has 4 aliphatic carbocycles. The Morgan fingerprint density at radius 2 is 1.77 bits per heavy atom. The van der Waals surface area contributed by atoms with E-state index in [-0.39, 0.29) is 16.6 Å². The predicted octanol–water partition coefficient (Wildman–Crippen LogP) is 5.00. The molecule has 26 heavy (non-hydrogen) atoms. The zero-order valence-corrected chi connectivity index (χ0v) is 16.6. The molecule has 2 unspecified atom stereocenters. The lowest BCUT2D eigenvalue weighted by Crippen LogP contribution is -2.56. The van der Waals surface area contributed by atoms with Crippen molar-refractivity contribution in [1.29, 1.82) is 0 Å². The van der Waals surface area contributed by atoms with Crippen molar-refractivity contribution >= 4 is 23.4 Å². The van der Waals surface area contributed by atoms with E-state index in [2.05, 4.69) is 0 Å². The molecule has 5 atom stereocenters. The molecule has 0 spiro atoms. The summed E-state index contributed by atoms with van der Waals surface area (Å²) in [5.41, 5.74) is 2.35. The first-order chi connectivity index (χ1) is 12.2. The summed E-state index contributed by atoms with van der Waals surface area (Å²) in [5, 5.41) is 0. The van der Waals surface area contributed by atoms with Crippen LogP contribution in [0.25, 0.3) is 0 Å². The molecule has 4 bridgehead atoms. The third-order valence-electron chi connectivity index (χ3n) is 6.87. The lowest BCUT2D eigenvalue weighted by Gasteiger charge is -2.58. The fourth-order valence-electron chi connectivity index (χ4n) is 5.86. The van der Waals surface area contributed by atoms with Gasteiger partial charge in [-0.05, 0) is 88.3 Å². The van der Waals surface area contributed by atoms with E-state index in [1.807, 2.05) is 32.0 Å². The van der Waals surface area contributed by atoms with Gasteiger partial charge in [0.1, 0.15) is 0 Å². The topological polar surface area (TPSA) is 43.4 Å². The van der Waals surface area contributed by atoms with E-state index in [0.29, 0.717) is 23.8 Å². The van der Waals surface area contributed by atoms with Crippen LogP contribution < -0.4 is 0 Å². The number of Topliss-reactive ketones (excluding diaryl/α,β-unsaturated/α-hetero) is 1. The molecule has 0 radical (unpaired) electrons. The molecule has 0 aliphatic heterocycles. The molecule has 1 aromatic carbocycles. The molecule has 0 amide bonds. The molecule has 0 heterocycles. The zero-order chi connectivity index (χ0) is 18.7. The first kappa shape index (κ1) is 18.0. The number of hydrogen-bond donors (Lipinski definition) is 0. The Morgan fingerprint density at radius 1 is 1.12 bits per heavy atom. The van der Waals surface area contributed by atoms with E-state index in [0.717, 1.165) is 36.8 Å². The van der Waals surface area contributed by atoms with Gasteiger partial charge in [-0.1, -0.05) is 12.1 Å². The van der Waals surface area contributed by atoms with Crippen molar-refractivity contribution in [3.05, 3.63) is 34.9 Å². The minimum absolute atomic E-state index is 0.133. The van der Waals surface area contributed by atoms with Gasteiger partial charge >= 0.3 is 5.97 Å². The molecule has 4 saturated carbocycles. The fraction of sp³-hybridized carbons (Fsp3) is 0.636. The lowest BCUT2D eigenvalue weighted by molar-refractivity contribution is -0.172. The Kier molecular flexibility index (Phi) is 4.22. The van der Waals surface area contributed by atoms with Gasteiger partial charge in [0.15, 0.2) is 6.10 Å². The normalized spacial score (nSPS) is 36.0. The number of esters is 1. The van der Waals surface area contributed by atoms with Gasteiger partial charge in [0.05, 0.1) is 5.41 Å². The molecule has 4 fully saturated rings. The SMILES string of the molecule is Cc1ccc(C(=O)[C@@H](C)OC(=O)C23C[C@@H]4C[C@@H](CC(Cl)(C4)C2)C3)cc1C. The Hall–Kier alpha value is -1.35. The maximum Gasteiger partial charge on any atom is 0.312 e. The number of rotatable bonds is 4. The highest BCUT2D eigenvalue weighted by atomic mass is 35.5. The number of aryl methyl sites for hydroxylation is 2. The first-order valence-electron chi connectivity index (χ1n) is 9.71. The molecule has 4 heteroatoms. The second-order valence-corrected chi connectivity index (χ2v) is 9.90. The highest BCUT2D eigenvalue weighted by molar-refractivity contribution is 6.24. The Labute approximate surface area is 160 Å². The molecule has 0 N–H and O–H groups in total. The summed E-state index contributed by atoms with van der Waals surface area (Å²) in [6, 6.07) is 5.63. The van der Waals surface area contributed by atoms with Crippen LogP contribution in [0.4, 0.5) is 0 Å². The maximum atomic E-state index is 13.1. The molecular formula is C22H27ClO3. The van der Waals surface area contributed by atoms with E-state index in [1.54, 1.807) is 6.92 Å². The number of benzene rings is 1. The Bertz CT molecular complexity index is 755. The van der Waals surface area contributed by atoms with E-state index in [1.165, 1.54) is 6.42 Å². The summed E-state index contributed by atoms with van der Waals surface area (Å²) in [7, 11) is 0. The second kappa shape index (κ2) is 6.09. The van der Waals surface area contributed by atoms with Crippen molar-refractivity contribution in [2.75, 3.05) is 0 Å². The number of ether oxygens (including phenoxy) is 1. The predicted molar refractivity (Wildman–Crippen MR) is 101 cm³/mol. The lowest BCUT2D eigenvalue weighted by atomic mass is 9.49. The van der Waals surface area contributed by atoms with Gasteiger partial charge in [-0.15, -0.1) is 11.6 Å². The Morgan fingerprint density at radius 3 is 2.35 bits per heavy atom. The van der Waals surface area contributed by atoms with E-state index < -0.39 is 11.5 Å². The zero-order valence-electron chi connectivity index (χ0n) is 15.8. The van der Waals surface area contributed by atoms with E-state index in [9.17, 15) is 9.59 Å². The number of alkyl halides is 1. The van der Waals surface area contributed by atoms with Crippen LogP contribution >= 0.6 is 11.6 Å². The van der Waals surface area contributed by atoms with Crippen LogP contribution in [0.5, 0.6) is 0 Å². The largest absolute Gasteiger partial charge is 0.454 e. The van der Waals surface area contributed by atoms with Gasteiger partial charge in [-0.3, -0.25) is 9.59 Å². The van der Waals surface area contributed by atoms with Crippen molar-refractivity contribution in [1.82, 2.24) is 0 Å². The van der Waals surface area contributed by atoms with Crippen LogP contribution in [0.3, 0.4) is 0 Å². The molecule has 140 valence electrons. The molecule has 0 saturated heterocycles. The van der Waals surface area contributed by atoms with Crippen LogP contribution in [0, 0.1) is 31.1 Å². The van der Waals surface area contributed by atoms with Gasteiger partial charge in [0.25, 0.3) is 0 Å². The number of hydrogen-bond acceptors (Lipinski definition) is 3. The van der Waals surface area contributed by atoms with Crippen LogP contribution in [0.1, 0.15) is 66.9 Å². The molecule has 5 rings (SSSR count). The summed E-state index contributed by atoms with van der Waals surface area (Å²) in [6.45, 7) is 5.69. The minimum Gasteiger partial charge on any atom is -0.454 e. The van der Waals surface area contributed by atoms with Crippen LogP contribution in [0.2, 0.25) is 0 Å². The van der Waals surface area contributed by atoms with Crippen molar-refractivity contribution in [2.45, 2.75) is 70.3 Å². The average molecular weight is 375 g/mol. The standard InChI is InChI=1S/C22H27ClO3/c1-13-4-5-18(6-14(13)2)19(24)15(3)26-20(25)21-8-16-7-17(9-21)11-22(23,10-16)12-21/h4-6,15-17H,7-12H2,1-3H3/t15-,16-,17+,21?,22?/m1/s1. The number of carbonyl (C=O) groups excluding carboxylic acids is 2. The van der Waals surface area contributed by atoms with Gasteiger partial charge in [0, 0.05) is 10.4 Å². The van der Waals surface area contributed by atoms with Crippen LogP contribution in [-0.2, 0) is 9.53 Å². The number of halogens is 1. The smallest absolute Gasteiger partial charge is 0.312 e. The highest BCUT2D eigenvalue weighted by Gasteiger charge is 2.61. The van der Waals surface area contributed by atoms with E-state index >= 15 is 0 Å². The molecule has 3 nitrogen and oxygen atoms in total. The summed E-state index contributed by atoms with van der Waals surface area (Å²) in [6.07, 6.45) is 4.94. The minimum atomic E-state index is -0.760. The average Bonchev–Trinajstić information content (AvgIpc) is 2.54. The van der Waals surface area contributed by atoms with Gasteiger partial charge in [-0.2, -0.15) is 0 Å². The highest BCUT2D eigenvalue weighted by Crippen LogP contribution is 2.64.